The molecule has 0 unspecified atom stereocenters. The molecule has 26 heavy (non-hydrogen) atoms. The number of benzene rings is 2. The first-order valence-electron chi connectivity index (χ1n) is 9.32. The van der Waals surface area contributed by atoms with E-state index in [1.165, 1.54) is 37.5 Å². The van der Waals surface area contributed by atoms with Gasteiger partial charge in [-0.15, -0.1) is 0 Å². The Bertz CT molecular complexity index is 856. The molecule has 1 spiro atoms. The molecule has 1 fully saturated rings. The number of methoxy groups -OCH3 is 1. The highest BCUT2D eigenvalue weighted by molar-refractivity contribution is 5.91. The van der Waals surface area contributed by atoms with Crippen molar-refractivity contribution in [1.82, 2.24) is 0 Å². The Balaban J connectivity index is 1.80. The van der Waals surface area contributed by atoms with E-state index in [1.54, 1.807) is 0 Å². The van der Waals surface area contributed by atoms with Gasteiger partial charge >= 0.3 is 5.97 Å². The fourth-order valence-electron chi connectivity index (χ4n) is 4.07. The monoisotopic (exact) mass is 348 g/mol. The zero-order valence-corrected chi connectivity index (χ0v) is 15.4. The molecule has 2 aliphatic rings. The van der Waals surface area contributed by atoms with Crippen molar-refractivity contribution in [2.75, 3.05) is 7.11 Å². The van der Waals surface area contributed by atoms with Crippen molar-refractivity contribution in [3.05, 3.63) is 70.8 Å². The minimum atomic E-state index is -0.308. The number of ether oxygens (including phenoxy) is 2. The Morgan fingerprint density at radius 2 is 1.77 bits per heavy atom. The standard InChI is InChI=1S/C23H24O3/c1-16-6-11-21-19(14-16)20(15-23(26-21)12-4-3-5-13-23)17-7-9-18(10-8-17)22(24)25-2/h6-11,14-15H,3-5,12-13H2,1-2H3. The van der Waals surface area contributed by atoms with Crippen LogP contribution in [0.3, 0.4) is 0 Å². The predicted molar refractivity (Wildman–Crippen MR) is 102 cm³/mol. The van der Waals surface area contributed by atoms with Crippen molar-refractivity contribution in [3.8, 4) is 5.75 Å². The van der Waals surface area contributed by atoms with Crippen LogP contribution in [0.1, 0.15) is 59.2 Å². The molecule has 1 heterocycles. The molecule has 0 radical (unpaired) electrons. The van der Waals surface area contributed by atoms with E-state index in [0.717, 1.165) is 29.7 Å². The van der Waals surface area contributed by atoms with Gasteiger partial charge in [0, 0.05) is 5.56 Å². The molecule has 0 bridgehead atoms. The van der Waals surface area contributed by atoms with Crippen LogP contribution in [-0.4, -0.2) is 18.7 Å². The van der Waals surface area contributed by atoms with Crippen LogP contribution in [0.15, 0.2) is 48.5 Å². The average Bonchev–Trinajstić information content (AvgIpc) is 2.68. The molecular formula is C23H24O3. The average molecular weight is 348 g/mol. The van der Waals surface area contributed by atoms with Gasteiger partial charge < -0.3 is 9.47 Å². The van der Waals surface area contributed by atoms with Crippen molar-refractivity contribution in [3.63, 3.8) is 0 Å². The Kier molecular flexibility index (Phi) is 4.31. The topological polar surface area (TPSA) is 35.5 Å². The fraction of sp³-hybridized carbons (Fsp3) is 0.348. The summed E-state index contributed by atoms with van der Waals surface area (Å²) in [4.78, 5) is 11.7. The lowest BCUT2D eigenvalue weighted by atomic mass is 9.79. The minimum absolute atomic E-state index is 0.198. The summed E-state index contributed by atoms with van der Waals surface area (Å²) in [5, 5.41) is 0. The molecular weight excluding hydrogens is 324 g/mol. The molecule has 2 aromatic rings. The first-order valence-corrected chi connectivity index (χ1v) is 9.32. The highest BCUT2D eigenvalue weighted by Gasteiger charge is 2.37. The van der Waals surface area contributed by atoms with Gasteiger partial charge in [-0.3, -0.25) is 0 Å². The summed E-state index contributed by atoms with van der Waals surface area (Å²) in [6, 6.07) is 14.1. The van der Waals surface area contributed by atoms with Crippen LogP contribution in [0, 0.1) is 6.92 Å². The highest BCUT2D eigenvalue weighted by Crippen LogP contribution is 2.45. The molecule has 2 aromatic carbocycles. The summed E-state index contributed by atoms with van der Waals surface area (Å²) in [7, 11) is 1.41. The Morgan fingerprint density at radius 3 is 2.46 bits per heavy atom. The van der Waals surface area contributed by atoms with E-state index in [1.807, 2.05) is 24.3 Å². The summed E-state index contributed by atoms with van der Waals surface area (Å²) in [5.41, 5.74) is 5.03. The maximum Gasteiger partial charge on any atom is 0.337 e. The summed E-state index contributed by atoms with van der Waals surface area (Å²) >= 11 is 0. The Morgan fingerprint density at radius 1 is 1.04 bits per heavy atom. The second-order valence-electron chi connectivity index (χ2n) is 7.35. The van der Waals surface area contributed by atoms with E-state index in [0.29, 0.717) is 5.56 Å². The molecule has 1 saturated carbocycles. The third kappa shape index (κ3) is 3.03. The van der Waals surface area contributed by atoms with E-state index in [2.05, 4.69) is 31.2 Å². The van der Waals surface area contributed by atoms with Gasteiger partial charge in [-0.2, -0.15) is 0 Å². The number of aryl methyl sites for hydroxylation is 1. The molecule has 134 valence electrons. The summed E-state index contributed by atoms with van der Waals surface area (Å²) < 4.78 is 11.3. The lowest BCUT2D eigenvalue weighted by molar-refractivity contribution is 0.0600. The van der Waals surface area contributed by atoms with E-state index in [4.69, 9.17) is 9.47 Å². The lowest BCUT2D eigenvalue weighted by Crippen LogP contribution is -2.38. The minimum Gasteiger partial charge on any atom is -0.483 e. The molecule has 0 saturated heterocycles. The number of carbonyl (C=O) groups excluding carboxylic acids is 1. The predicted octanol–water partition coefficient (Wildman–Crippen LogP) is 5.31. The zero-order valence-electron chi connectivity index (χ0n) is 15.4. The quantitative estimate of drug-likeness (QED) is 0.690. The van der Waals surface area contributed by atoms with Crippen LogP contribution < -0.4 is 4.74 Å². The number of hydrogen-bond acceptors (Lipinski definition) is 3. The molecule has 0 N–H and O–H groups in total. The van der Waals surface area contributed by atoms with Crippen molar-refractivity contribution in [2.45, 2.75) is 44.6 Å². The number of fused-ring (bicyclic) bond motifs is 1. The van der Waals surface area contributed by atoms with Gasteiger partial charge in [0.2, 0.25) is 0 Å². The number of carbonyl (C=O) groups is 1. The molecule has 1 aliphatic carbocycles. The van der Waals surface area contributed by atoms with Gasteiger partial charge in [0.15, 0.2) is 0 Å². The largest absolute Gasteiger partial charge is 0.483 e. The molecule has 4 rings (SSSR count). The van der Waals surface area contributed by atoms with Crippen molar-refractivity contribution < 1.29 is 14.3 Å². The van der Waals surface area contributed by atoms with Crippen molar-refractivity contribution >= 4 is 11.5 Å². The van der Waals surface area contributed by atoms with Gasteiger partial charge in [0.1, 0.15) is 11.4 Å². The van der Waals surface area contributed by atoms with Gasteiger partial charge in [-0.05, 0) is 74.1 Å². The van der Waals surface area contributed by atoms with E-state index in [-0.39, 0.29) is 11.6 Å². The van der Waals surface area contributed by atoms with Gasteiger partial charge in [0.05, 0.1) is 12.7 Å². The maximum atomic E-state index is 11.7. The Hall–Kier alpha value is -2.55. The second kappa shape index (κ2) is 6.64. The van der Waals surface area contributed by atoms with E-state index < -0.39 is 0 Å². The Labute approximate surface area is 154 Å². The van der Waals surface area contributed by atoms with Crippen LogP contribution in [0.4, 0.5) is 0 Å². The number of hydrogen-bond donors (Lipinski definition) is 0. The zero-order chi connectivity index (χ0) is 18.1. The molecule has 1 aliphatic heterocycles. The van der Waals surface area contributed by atoms with Crippen LogP contribution >= 0.6 is 0 Å². The van der Waals surface area contributed by atoms with Crippen LogP contribution in [0.5, 0.6) is 5.75 Å². The third-order valence-electron chi connectivity index (χ3n) is 5.46. The summed E-state index contributed by atoms with van der Waals surface area (Å²) in [6.45, 7) is 2.10. The third-order valence-corrected chi connectivity index (χ3v) is 5.46. The molecule has 3 heteroatoms. The first kappa shape index (κ1) is 16.9. The fourth-order valence-corrected chi connectivity index (χ4v) is 4.07. The maximum absolute atomic E-state index is 11.7. The van der Waals surface area contributed by atoms with E-state index >= 15 is 0 Å². The normalized spacial score (nSPS) is 17.8. The van der Waals surface area contributed by atoms with Gasteiger partial charge in [-0.25, -0.2) is 4.79 Å². The van der Waals surface area contributed by atoms with Crippen molar-refractivity contribution in [1.29, 1.82) is 0 Å². The summed E-state index contributed by atoms with van der Waals surface area (Å²) in [5.74, 6) is 0.657. The SMILES string of the molecule is COC(=O)c1ccc(C2=CC3(CCCCC3)Oc3ccc(C)cc32)cc1. The van der Waals surface area contributed by atoms with Crippen LogP contribution in [0.25, 0.3) is 5.57 Å². The van der Waals surface area contributed by atoms with Crippen LogP contribution in [-0.2, 0) is 4.74 Å². The summed E-state index contributed by atoms with van der Waals surface area (Å²) in [6.07, 6.45) is 8.12. The lowest BCUT2D eigenvalue weighted by Gasteiger charge is -2.40. The second-order valence-corrected chi connectivity index (χ2v) is 7.35. The van der Waals surface area contributed by atoms with Gasteiger partial charge in [0.25, 0.3) is 0 Å². The number of esters is 1. The first-order chi connectivity index (χ1) is 12.6. The molecule has 0 aromatic heterocycles. The molecule has 3 nitrogen and oxygen atoms in total. The highest BCUT2D eigenvalue weighted by atomic mass is 16.5. The number of rotatable bonds is 2. The van der Waals surface area contributed by atoms with Crippen LogP contribution in [0.2, 0.25) is 0 Å². The van der Waals surface area contributed by atoms with Crippen molar-refractivity contribution in [2.24, 2.45) is 0 Å². The molecule has 0 amide bonds. The molecule has 0 atom stereocenters. The van der Waals surface area contributed by atoms with Gasteiger partial charge in [-0.1, -0.05) is 30.2 Å². The smallest absolute Gasteiger partial charge is 0.337 e. The van der Waals surface area contributed by atoms with E-state index in [9.17, 15) is 4.79 Å².